The minimum Gasteiger partial charge on any atom is -0.376 e. The van der Waals surface area contributed by atoms with Gasteiger partial charge >= 0.3 is 0 Å². The number of nitrogens with zero attached hydrogens (tertiary/aromatic N) is 2. The molecule has 122 valence electrons. The van der Waals surface area contributed by atoms with Crippen LogP contribution in [0, 0.1) is 6.92 Å². The SMILES string of the molecule is CCCCCNC(=NCCCc1ncccc1C)NC(N)=S. The number of aromatic nitrogens is 1. The number of rotatable bonds is 8. The van der Waals surface area contributed by atoms with Crippen LogP contribution >= 0.6 is 12.2 Å². The number of thiocarbonyl (C=S) groups is 1. The lowest BCUT2D eigenvalue weighted by molar-refractivity contribution is 0.688. The fourth-order valence-corrected chi connectivity index (χ4v) is 2.15. The molecule has 0 aliphatic carbocycles. The molecule has 4 N–H and O–H groups in total. The summed E-state index contributed by atoms with van der Waals surface area (Å²) in [5.41, 5.74) is 7.89. The van der Waals surface area contributed by atoms with E-state index in [2.05, 4.69) is 40.5 Å². The molecule has 0 bridgehead atoms. The molecule has 0 unspecified atom stereocenters. The van der Waals surface area contributed by atoms with Gasteiger partial charge in [-0.15, -0.1) is 0 Å². The van der Waals surface area contributed by atoms with E-state index in [0.717, 1.165) is 31.5 Å². The first-order chi connectivity index (χ1) is 10.6. The van der Waals surface area contributed by atoms with Crippen molar-refractivity contribution in [2.24, 2.45) is 10.7 Å². The summed E-state index contributed by atoms with van der Waals surface area (Å²) in [7, 11) is 0. The Morgan fingerprint density at radius 2 is 2.18 bits per heavy atom. The van der Waals surface area contributed by atoms with Gasteiger partial charge in [-0.2, -0.15) is 0 Å². The number of aliphatic imine (C=N–C) groups is 1. The van der Waals surface area contributed by atoms with E-state index in [1.54, 1.807) is 0 Å². The summed E-state index contributed by atoms with van der Waals surface area (Å²) in [5.74, 6) is 0.668. The summed E-state index contributed by atoms with van der Waals surface area (Å²) in [6, 6.07) is 4.04. The molecular weight excluding hydrogens is 294 g/mol. The molecular formula is C16H27N5S. The highest BCUT2D eigenvalue weighted by molar-refractivity contribution is 7.80. The molecule has 5 nitrogen and oxygen atoms in total. The monoisotopic (exact) mass is 321 g/mol. The topological polar surface area (TPSA) is 75.3 Å². The lowest BCUT2D eigenvalue weighted by Gasteiger charge is -2.11. The van der Waals surface area contributed by atoms with Gasteiger partial charge in [-0.05, 0) is 50.0 Å². The van der Waals surface area contributed by atoms with Crippen LogP contribution < -0.4 is 16.4 Å². The molecule has 1 aromatic rings. The minimum absolute atomic E-state index is 0.238. The average molecular weight is 321 g/mol. The number of pyridine rings is 1. The zero-order valence-electron chi connectivity index (χ0n) is 13.6. The van der Waals surface area contributed by atoms with Crippen LogP contribution in [0.15, 0.2) is 23.3 Å². The van der Waals surface area contributed by atoms with Crippen LogP contribution in [-0.2, 0) is 6.42 Å². The molecule has 0 aliphatic heterocycles. The van der Waals surface area contributed by atoms with Crippen LogP contribution in [0.5, 0.6) is 0 Å². The van der Waals surface area contributed by atoms with E-state index < -0.39 is 0 Å². The second-order valence-corrected chi connectivity index (χ2v) is 5.66. The van der Waals surface area contributed by atoms with Crippen molar-refractivity contribution in [2.75, 3.05) is 13.1 Å². The van der Waals surface area contributed by atoms with Crippen molar-refractivity contribution in [3.8, 4) is 0 Å². The van der Waals surface area contributed by atoms with Crippen LogP contribution in [0.25, 0.3) is 0 Å². The van der Waals surface area contributed by atoms with Crippen molar-refractivity contribution in [1.29, 1.82) is 0 Å². The molecule has 6 heteroatoms. The Kier molecular flexibility index (Phi) is 9.14. The fraction of sp³-hybridized carbons (Fsp3) is 0.562. The highest BCUT2D eigenvalue weighted by Gasteiger charge is 2.01. The third-order valence-corrected chi connectivity index (χ3v) is 3.38. The maximum Gasteiger partial charge on any atom is 0.197 e. The van der Waals surface area contributed by atoms with E-state index in [-0.39, 0.29) is 5.11 Å². The number of hydrogen-bond donors (Lipinski definition) is 3. The molecule has 1 rings (SSSR count). The smallest absolute Gasteiger partial charge is 0.197 e. The summed E-state index contributed by atoms with van der Waals surface area (Å²) in [4.78, 5) is 8.90. The van der Waals surface area contributed by atoms with Crippen LogP contribution in [0.2, 0.25) is 0 Å². The normalized spacial score (nSPS) is 11.3. The molecule has 22 heavy (non-hydrogen) atoms. The van der Waals surface area contributed by atoms with Gasteiger partial charge < -0.3 is 16.4 Å². The fourth-order valence-electron chi connectivity index (χ4n) is 2.06. The third kappa shape index (κ3) is 7.93. The first kappa shape index (κ1) is 18.4. The zero-order valence-corrected chi connectivity index (χ0v) is 14.4. The van der Waals surface area contributed by atoms with Gasteiger partial charge in [0.25, 0.3) is 0 Å². The van der Waals surface area contributed by atoms with E-state index >= 15 is 0 Å². The molecule has 0 aliphatic rings. The Bertz CT molecular complexity index is 487. The number of hydrogen-bond acceptors (Lipinski definition) is 3. The second kappa shape index (κ2) is 11.0. The Labute approximate surface area is 138 Å². The largest absolute Gasteiger partial charge is 0.376 e. The van der Waals surface area contributed by atoms with Crippen LogP contribution in [0.4, 0.5) is 0 Å². The lowest BCUT2D eigenvalue weighted by atomic mass is 10.1. The summed E-state index contributed by atoms with van der Waals surface area (Å²) >= 11 is 4.88. The lowest BCUT2D eigenvalue weighted by Crippen LogP contribution is -2.44. The van der Waals surface area contributed by atoms with Crippen molar-refractivity contribution in [3.05, 3.63) is 29.6 Å². The Morgan fingerprint density at radius 1 is 1.36 bits per heavy atom. The van der Waals surface area contributed by atoms with Crippen molar-refractivity contribution < 1.29 is 0 Å². The van der Waals surface area contributed by atoms with E-state index in [1.807, 2.05) is 12.3 Å². The predicted octanol–water partition coefficient (Wildman–Crippen LogP) is 2.29. The van der Waals surface area contributed by atoms with Gasteiger partial charge in [0.2, 0.25) is 0 Å². The molecule has 0 amide bonds. The van der Waals surface area contributed by atoms with Crippen LogP contribution in [-0.4, -0.2) is 29.1 Å². The van der Waals surface area contributed by atoms with Gasteiger partial charge in [0.05, 0.1) is 0 Å². The Morgan fingerprint density at radius 3 is 2.86 bits per heavy atom. The summed E-state index contributed by atoms with van der Waals surface area (Å²) in [6.07, 6.45) is 7.21. The number of unbranched alkanes of at least 4 members (excludes halogenated alkanes) is 2. The number of nitrogens with one attached hydrogen (secondary N) is 2. The van der Waals surface area contributed by atoms with Crippen LogP contribution in [0.1, 0.15) is 43.9 Å². The maximum atomic E-state index is 5.53. The van der Waals surface area contributed by atoms with Crippen molar-refractivity contribution in [2.45, 2.75) is 46.0 Å². The first-order valence-corrected chi connectivity index (χ1v) is 8.29. The zero-order chi connectivity index (χ0) is 16.2. The molecule has 0 radical (unpaired) electrons. The molecule has 0 spiro atoms. The highest BCUT2D eigenvalue weighted by Crippen LogP contribution is 2.05. The van der Waals surface area contributed by atoms with Gasteiger partial charge in [0, 0.05) is 25.0 Å². The van der Waals surface area contributed by atoms with Crippen molar-refractivity contribution >= 4 is 23.3 Å². The van der Waals surface area contributed by atoms with Gasteiger partial charge in [-0.25, -0.2) is 0 Å². The van der Waals surface area contributed by atoms with E-state index in [0.29, 0.717) is 12.5 Å². The summed E-state index contributed by atoms with van der Waals surface area (Å²) in [6.45, 7) is 5.85. The van der Waals surface area contributed by atoms with Crippen LogP contribution in [0.3, 0.4) is 0 Å². The number of aryl methyl sites for hydroxylation is 2. The van der Waals surface area contributed by atoms with E-state index in [4.69, 9.17) is 18.0 Å². The average Bonchev–Trinajstić information content (AvgIpc) is 2.49. The van der Waals surface area contributed by atoms with Gasteiger partial charge in [0.15, 0.2) is 11.1 Å². The van der Waals surface area contributed by atoms with Gasteiger partial charge in [-0.1, -0.05) is 25.8 Å². The standard InChI is InChI=1S/C16H27N5S/c1-3-4-5-10-19-16(21-15(17)22)20-12-7-9-14-13(2)8-6-11-18-14/h6,8,11H,3-5,7,9-10,12H2,1-2H3,(H4,17,19,20,21,22). The van der Waals surface area contributed by atoms with Gasteiger partial charge in [0.1, 0.15) is 0 Å². The molecule has 1 heterocycles. The van der Waals surface area contributed by atoms with Crippen molar-refractivity contribution in [3.63, 3.8) is 0 Å². The summed E-state index contributed by atoms with van der Waals surface area (Å²) < 4.78 is 0. The molecule has 1 aromatic heterocycles. The van der Waals surface area contributed by atoms with Crippen molar-refractivity contribution in [1.82, 2.24) is 15.6 Å². The maximum absolute atomic E-state index is 5.53. The third-order valence-electron chi connectivity index (χ3n) is 3.27. The number of guanidine groups is 1. The predicted molar refractivity (Wildman–Crippen MR) is 97.0 cm³/mol. The summed E-state index contributed by atoms with van der Waals surface area (Å²) in [5, 5.41) is 6.39. The van der Waals surface area contributed by atoms with E-state index in [1.165, 1.54) is 18.4 Å². The Hall–Kier alpha value is -1.69. The molecule has 0 aromatic carbocycles. The molecule has 0 saturated carbocycles. The highest BCUT2D eigenvalue weighted by atomic mass is 32.1. The molecule has 0 fully saturated rings. The Balaban J connectivity index is 2.39. The minimum atomic E-state index is 0.238. The van der Waals surface area contributed by atoms with E-state index in [9.17, 15) is 0 Å². The number of nitrogens with two attached hydrogens (primary N) is 1. The first-order valence-electron chi connectivity index (χ1n) is 7.88. The molecule has 0 atom stereocenters. The quantitative estimate of drug-likeness (QED) is 0.296. The second-order valence-electron chi connectivity index (χ2n) is 5.22. The van der Waals surface area contributed by atoms with Gasteiger partial charge in [-0.3, -0.25) is 9.98 Å². The molecule has 0 saturated heterocycles.